The van der Waals surface area contributed by atoms with Crippen molar-refractivity contribution in [3.8, 4) is 22.5 Å². The molecular weight excluding hydrogens is 318 g/mol. The molecule has 2 aromatic carbocycles. The Kier molecular flexibility index (Phi) is 4.79. The van der Waals surface area contributed by atoms with Crippen LogP contribution in [0.2, 0.25) is 0 Å². The molecule has 0 radical (unpaired) electrons. The number of nitrogens with zero attached hydrogens (tertiary/aromatic N) is 2. The van der Waals surface area contributed by atoms with E-state index in [0.717, 1.165) is 28.3 Å². The summed E-state index contributed by atoms with van der Waals surface area (Å²) < 4.78 is 28.7. The Balaban J connectivity index is 2.31. The van der Waals surface area contributed by atoms with Crippen LogP contribution in [0.25, 0.3) is 28.7 Å². The summed E-state index contributed by atoms with van der Waals surface area (Å²) in [6, 6.07) is 12.6. The Labute approximate surface area is 146 Å². The standard InChI is InChI=1S/C21H20F2N2/c1-4-13-25-20(16-7-11-18(23)12-8-16)19(24-21(25)14(2)3)15-5-9-17(22)10-6-15/h4-14H,1-3H3. The van der Waals surface area contributed by atoms with Crippen molar-refractivity contribution >= 4 is 6.20 Å². The van der Waals surface area contributed by atoms with E-state index < -0.39 is 0 Å². The molecule has 0 bridgehead atoms. The van der Waals surface area contributed by atoms with Gasteiger partial charge in [0.15, 0.2) is 0 Å². The Bertz CT molecular complexity index is 889. The van der Waals surface area contributed by atoms with Crippen LogP contribution >= 0.6 is 0 Å². The number of halogens is 2. The van der Waals surface area contributed by atoms with Gasteiger partial charge >= 0.3 is 0 Å². The molecule has 2 nitrogen and oxygen atoms in total. The molecule has 0 saturated heterocycles. The van der Waals surface area contributed by atoms with Crippen LogP contribution in [0.4, 0.5) is 8.78 Å². The summed E-state index contributed by atoms with van der Waals surface area (Å²) in [4.78, 5) is 4.82. The van der Waals surface area contributed by atoms with Crippen LogP contribution in [0.15, 0.2) is 54.6 Å². The molecule has 0 spiro atoms. The Morgan fingerprint density at radius 1 is 0.880 bits per heavy atom. The fourth-order valence-electron chi connectivity index (χ4n) is 2.85. The van der Waals surface area contributed by atoms with Crippen molar-refractivity contribution in [2.24, 2.45) is 0 Å². The van der Waals surface area contributed by atoms with Crippen molar-refractivity contribution in [3.05, 3.63) is 72.1 Å². The molecule has 0 aliphatic heterocycles. The number of allylic oxidation sites excluding steroid dienone is 1. The first-order valence-electron chi connectivity index (χ1n) is 8.28. The van der Waals surface area contributed by atoms with Gasteiger partial charge in [0.25, 0.3) is 0 Å². The lowest BCUT2D eigenvalue weighted by molar-refractivity contribution is 0.627. The minimum atomic E-state index is -0.288. The molecule has 3 aromatic rings. The average molecular weight is 338 g/mol. The minimum absolute atomic E-state index is 0.199. The molecule has 25 heavy (non-hydrogen) atoms. The Hall–Kier alpha value is -2.75. The van der Waals surface area contributed by atoms with Crippen molar-refractivity contribution in [3.63, 3.8) is 0 Å². The van der Waals surface area contributed by atoms with Crippen LogP contribution in [0.1, 0.15) is 32.5 Å². The maximum Gasteiger partial charge on any atom is 0.123 e. The molecule has 0 unspecified atom stereocenters. The van der Waals surface area contributed by atoms with Gasteiger partial charge < -0.3 is 4.57 Å². The first-order chi connectivity index (χ1) is 12.0. The average Bonchev–Trinajstić information content (AvgIpc) is 2.96. The number of hydrogen-bond donors (Lipinski definition) is 0. The lowest BCUT2D eigenvalue weighted by Gasteiger charge is -2.10. The summed E-state index contributed by atoms with van der Waals surface area (Å²) >= 11 is 0. The maximum atomic E-state index is 13.4. The molecule has 128 valence electrons. The second-order valence-corrected chi connectivity index (χ2v) is 6.19. The molecule has 4 heteroatoms. The molecule has 0 fully saturated rings. The van der Waals surface area contributed by atoms with Gasteiger partial charge in [-0.3, -0.25) is 0 Å². The van der Waals surface area contributed by atoms with Gasteiger partial charge in [-0.05, 0) is 55.5 Å². The monoisotopic (exact) mass is 338 g/mol. The fraction of sp³-hybridized carbons (Fsp3) is 0.190. The molecule has 0 aliphatic carbocycles. The van der Waals surface area contributed by atoms with Crippen molar-refractivity contribution in [1.82, 2.24) is 9.55 Å². The topological polar surface area (TPSA) is 17.8 Å². The van der Waals surface area contributed by atoms with E-state index in [1.807, 2.05) is 23.8 Å². The zero-order valence-corrected chi connectivity index (χ0v) is 14.5. The number of benzene rings is 2. The molecule has 0 aliphatic rings. The molecule has 0 amide bonds. The predicted molar refractivity (Wildman–Crippen MR) is 98.1 cm³/mol. The van der Waals surface area contributed by atoms with Crippen LogP contribution in [0.5, 0.6) is 0 Å². The van der Waals surface area contributed by atoms with Gasteiger partial charge in [-0.15, -0.1) is 0 Å². The SMILES string of the molecule is CC=Cn1c(C(C)C)nc(-c2ccc(F)cc2)c1-c1ccc(F)cc1. The van der Waals surface area contributed by atoms with Gasteiger partial charge in [0.05, 0.1) is 11.4 Å². The third kappa shape index (κ3) is 3.38. The highest BCUT2D eigenvalue weighted by Gasteiger charge is 2.20. The van der Waals surface area contributed by atoms with E-state index in [0.29, 0.717) is 0 Å². The summed E-state index contributed by atoms with van der Waals surface area (Å²) in [7, 11) is 0. The van der Waals surface area contributed by atoms with Gasteiger partial charge in [-0.2, -0.15) is 0 Å². The van der Waals surface area contributed by atoms with E-state index in [4.69, 9.17) is 4.98 Å². The van der Waals surface area contributed by atoms with Crippen LogP contribution in [-0.4, -0.2) is 9.55 Å². The molecule has 0 atom stereocenters. The zero-order chi connectivity index (χ0) is 18.0. The quantitative estimate of drug-likeness (QED) is 0.561. The highest BCUT2D eigenvalue weighted by atomic mass is 19.1. The first kappa shape index (κ1) is 17.1. The number of rotatable bonds is 4. The smallest absolute Gasteiger partial charge is 0.123 e. The second-order valence-electron chi connectivity index (χ2n) is 6.19. The summed E-state index contributed by atoms with van der Waals surface area (Å²) in [5.41, 5.74) is 3.31. The first-order valence-corrected chi connectivity index (χ1v) is 8.28. The van der Waals surface area contributed by atoms with E-state index in [1.165, 1.54) is 24.3 Å². The molecule has 0 N–H and O–H groups in total. The third-order valence-corrected chi connectivity index (χ3v) is 3.99. The van der Waals surface area contributed by atoms with Crippen LogP contribution in [0, 0.1) is 11.6 Å². The van der Waals surface area contributed by atoms with Crippen molar-refractivity contribution in [2.45, 2.75) is 26.7 Å². The lowest BCUT2D eigenvalue weighted by atomic mass is 10.0. The van der Waals surface area contributed by atoms with E-state index in [2.05, 4.69) is 13.8 Å². The minimum Gasteiger partial charge on any atom is -0.303 e. The maximum absolute atomic E-state index is 13.4. The molecular formula is C21H20F2N2. The molecule has 1 aromatic heterocycles. The Morgan fingerprint density at radius 2 is 1.40 bits per heavy atom. The van der Waals surface area contributed by atoms with Gasteiger partial charge in [-0.1, -0.05) is 19.9 Å². The summed E-state index contributed by atoms with van der Waals surface area (Å²) in [6.07, 6.45) is 3.89. The number of imidazole rings is 1. The van der Waals surface area contributed by atoms with Crippen LogP contribution < -0.4 is 0 Å². The van der Waals surface area contributed by atoms with E-state index in [9.17, 15) is 8.78 Å². The molecule has 3 rings (SSSR count). The number of hydrogen-bond acceptors (Lipinski definition) is 1. The lowest BCUT2D eigenvalue weighted by Crippen LogP contribution is -2.00. The molecule has 1 heterocycles. The largest absolute Gasteiger partial charge is 0.303 e. The fourth-order valence-corrected chi connectivity index (χ4v) is 2.85. The highest BCUT2D eigenvalue weighted by Crippen LogP contribution is 2.35. The van der Waals surface area contributed by atoms with Gasteiger partial charge in [0.2, 0.25) is 0 Å². The second kappa shape index (κ2) is 7.01. The zero-order valence-electron chi connectivity index (χ0n) is 14.5. The Morgan fingerprint density at radius 3 is 1.88 bits per heavy atom. The number of aromatic nitrogens is 2. The predicted octanol–water partition coefficient (Wildman–Crippen LogP) is 6.11. The van der Waals surface area contributed by atoms with Crippen LogP contribution in [-0.2, 0) is 0 Å². The highest BCUT2D eigenvalue weighted by molar-refractivity contribution is 5.80. The van der Waals surface area contributed by atoms with Crippen molar-refractivity contribution < 1.29 is 8.78 Å². The van der Waals surface area contributed by atoms with Gasteiger partial charge in [0.1, 0.15) is 17.5 Å². The third-order valence-electron chi connectivity index (χ3n) is 3.99. The summed E-state index contributed by atoms with van der Waals surface area (Å²) in [5, 5.41) is 0. The van der Waals surface area contributed by atoms with E-state index in [1.54, 1.807) is 24.3 Å². The van der Waals surface area contributed by atoms with E-state index in [-0.39, 0.29) is 17.6 Å². The van der Waals surface area contributed by atoms with Gasteiger partial charge in [0, 0.05) is 23.2 Å². The normalized spacial score (nSPS) is 11.6. The summed E-state index contributed by atoms with van der Waals surface area (Å²) in [5.74, 6) is 0.527. The van der Waals surface area contributed by atoms with Crippen molar-refractivity contribution in [2.75, 3.05) is 0 Å². The van der Waals surface area contributed by atoms with Crippen LogP contribution in [0.3, 0.4) is 0 Å². The summed E-state index contributed by atoms with van der Waals surface area (Å²) in [6.45, 7) is 6.09. The van der Waals surface area contributed by atoms with Gasteiger partial charge in [-0.25, -0.2) is 13.8 Å². The molecule has 0 saturated carbocycles. The van der Waals surface area contributed by atoms with Crippen molar-refractivity contribution in [1.29, 1.82) is 0 Å². The van der Waals surface area contributed by atoms with E-state index >= 15 is 0 Å².